The maximum atomic E-state index is 10.6. The Labute approximate surface area is 63.7 Å². The number of rotatable bonds is 1. The first-order valence-corrected chi connectivity index (χ1v) is 3.26. The van der Waals surface area contributed by atoms with E-state index >= 15 is 0 Å². The van der Waals surface area contributed by atoms with Crippen LogP contribution in [0.4, 0.5) is 4.79 Å². The summed E-state index contributed by atoms with van der Waals surface area (Å²) in [7, 11) is 1.22. The van der Waals surface area contributed by atoms with E-state index in [4.69, 9.17) is 0 Å². The fourth-order valence-electron chi connectivity index (χ4n) is 0.839. The van der Waals surface area contributed by atoms with Gasteiger partial charge in [0.05, 0.1) is 7.11 Å². The molecule has 1 amide bonds. The first kappa shape index (κ1) is 7.84. The standard InChI is InChI=1S/C6H9NO4/c1-10-6(9)11-5-3-2-4(8)7-5/h5H,2-3H2,1H3,(H,7,8)/t5-/m0/s1. The highest BCUT2D eigenvalue weighted by atomic mass is 16.7. The minimum absolute atomic E-state index is 0.0982. The largest absolute Gasteiger partial charge is 0.509 e. The van der Waals surface area contributed by atoms with Crippen molar-refractivity contribution >= 4 is 12.1 Å². The molecule has 5 heteroatoms. The van der Waals surface area contributed by atoms with Crippen LogP contribution in [-0.4, -0.2) is 25.4 Å². The maximum absolute atomic E-state index is 10.6. The van der Waals surface area contributed by atoms with E-state index in [1.165, 1.54) is 7.11 Å². The molecule has 0 radical (unpaired) electrons. The lowest BCUT2D eigenvalue weighted by Crippen LogP contribution is -2.30. The van der Waals surface area contributed by atoms with Gasteiger partial charge >= 0.3 is 6.16 Å². The van der Waals surface area contributed by atoms with Crippen LogP contribution in [0.25, 0.3) is 0 Å². The van der Waals surface area contributed by atoms with E-state index in [1.54, 1.807) is 0 Å². The van der Waals surface area contributed by atoms with Crippen molar-refractivity contribution in [1.29, 1.82) is 0 Å². The lowest BCUT2D eigenvalue weighted by atomic mass is 10.3. The van der Waals surface area contributed by atoms with Gasteiger partial charge in [-0.25, -0.2) is 4.79 Å². The first-order chi connectivity index (χ1) is 5.22. The van der Waals surface area contributed by atoms with Gasteiger partial charge < -0.3 is 14.8 Å². The minimum atomic E-state index is -0.766. The molecule has 1 aliphatic heterocycles. The van der Waals surface area contributed by atoms with Crippen LogP contribution in [0.2, 0.25) is 0 Å². The van der Waals surface area contributed by atoms with E-state index in [1.807, 2.05) is 0 Å². The predicted molar refractivity (Wildman–Crippen MR) is 34.7 cm³/mol. The molecule has 0 bridgehead atoms. The lowest BCUT2D eigenvalue weighted by Gasteiger charge is -2.09. The van der Waals surface area contributed by atoms with E-state index in [2.05, 4.69) is 14.8 Å². The summed E-state index contributed by atoms with van der Waals surface area (Å²) in [6.45, 7) is 0. The van der Waals surface area contributed by atoms with E-state index in [0.717, 1.165) is 0 Å². The maximum Gasteiger partial charge on any atom is 0.509 e. The van der Waals surface area contributed by atoms with Crippen molar-refractivity contribution in [3.8, 4) is 0 Å². The zero-order valence-corrected chi connectivity index (χ0v) is 6.12. The van der Waals surface area contributed by atoms with Crippen molar-refractivity contribution in [3.63, 3.8) is 0 Å². The highest BCUT2D eigenvalue weighted by Crippen LogP contribution is 2.07. The Morgan fingerprint density at radius 1 is 1.73 bits per heavy atom. The monoisotopic (exact) mass is 159 g/mol. The van der Waals surface area contributed by atoms with Crippen molar-refractivity contribution in [2.75, 3.05) is 7.11 Å². The van der Waals surface area contributed by atoms with E-state index in [0.29, 0.717) is 12.8 Å². The van der Waals surface area contributed by atoms with E-state index in [9.17, 15) is 9.59 Å². The smallest absolute Gasteiger partial charge is 0.438 e. The number of hydrogen-bond acceptors (Lipinski definition) is 4. The van der Waals surface area contributed by atoms with Crippen LogP contribution >= 0.6 is 0 Å². The quantitative estimate of drug-likeness (QED) is 0.547. The Morgan fingerprint density at radius 3 is 2.91 bits per heavy atom. The first-order valence-electron chi connectivity index (χ1n) is 3.26. The Balaban J connectivity index is 2.28. The molecule has 1 saturated heterocycles. The van der Waals surface area contributed by atoms with Crippen LogP contribution in [-0.2, 0) is 14.3 Å². The molecular formula is C6H9NO4. The van der Waals surface area contributed by atoms with Crippen LogP contribution in [0, 0.1) is 0 Å². The molecule has 0 unspecified atom stereocenters. The van der Waals surface area contributed by atoms with Gasteiger partial charge in [0.15, 0.2) is 6.23 Å². The zero-order chi connectivity index (χ0) is 8.27. The second-order valence-electron chi connectivity index (χ2n) is 2.17. The number of methoxy groups -OCH3 is 1. The molecule has 1 heterocycles. The van der Waals surface area contributed by atoms with E-state index in [-0.39, 0.29) is 5.91 Å². The van der Waals surface area contributed by atoms with Gasteiger partial charge in [-0.05, 0) is 0 Å². The van der Waals surface area contributed by atoms with Gasteiger partial charge in [0, 0.05) is 12.8 Å². The molecule has 0 aromatic rings. The second kappa shape index (κ2) is 3.23. The van der Waals surface area contributed by atoms with Crippen molar-refractivity contribution in [1.82, 2.24) is 5.32 Å². The van der Waals surface area contributed by atoms with Gasteiger partial charge in [0.25, 0.3) is 0 Å². The Morgan fingerprint density at radius 2 is 2.45 bits per heavy atom. The molecule has 1 aliphatic rings. The summed E-state index contributed by atoms with van der Waals surface area (Å²) < 4.78 is 8.87. The number of nitrogens with one attached hydrogen (secondary N) is 1. The average molecular weight is 159 g/mol. The molecule has 0 aliphatic carbocycles. The lowest BCUT2D eigenvalue weighted by molar-refractivity contribution is -0.120. The molecule has 1 N–H and O–H groups in total. The van der Waals surface area contributed by atoms with Crippen LogP contribution in [0.5, 0.6) is 0 Å². The summed E-state index contributed by atoms with van der Waals surface area (Å²) in [5, 5.41) is 2.46. The number of ether oxygens (including phenoxy) is 2. The molecular weight excluding hydrogens is 150 g/mol. The number of carbonyl (C=O) groups is 2. The van der Waals surface area contributed by atoms with Crippen molar-refractivity contribution in [2.24, 2.45) is 0 Å². The second-order valence-corrected chi connectivity index (χ2v) is 2.17. The van der Waals surface area contributed by atoms with Gasteiger partial charge in [-0.15, -0.1) is 0 Å². The molecule has 5 nitrogen and oxygen atoms in total. The van der Waals surface area contributed by atoms with Crippen LogP contribution in [0.3, 0.4) is 0 Å². The molecule has 62 valence electrons. The van der Waals surface area contributed by atoms with Crippen LogP contribution in [0.1, 0.15) is 12.8 Å². The van der Waals surface area contributed by atoms with Gasteiger partial charge in [-0.2, -0.15) is 0 Å². The third-order valence-corrected chi connectivity index (χ3v) is 1.36. The molecule has 0 saturated carbocycles. The van der Waals surface area contributed by atoms with Crippen LogP contribution < -0.4 is 5.32 Å². The highest BCUT2D eigenvalue weighted by molar-refractivity contribution is 5.78. The van der Waals surface area contributed by atoms with Crippen molar-refractivity contribution in [3.05, 3.63) is 0 Å². The van der Waals surface area contributed by atoms with E-state index < -0.39 is 12.4 Å². The summed E-state index contributed by atoms with van der Waals surface area (Å²) in [6.07, 6.45) is -0.345. The highest BCUT2D eigenvalue weighted by Gasteiger charge is 2.23. The topological polar surface area (TPSA) is 64.6 Å². The molecule has 0 spiro atoms. The van der Waals surface area contributed by atoms with Gasteiger partial charge in [-0.1, -0.05) is 0 Å². The molecule has 11 heavy (non-hydrogen) atoms. The number of carbonyl (C=O) groups excluding carboxylic acids is 2. The predicted octanol–water partition coefficient (Wildman–Crippen LogP) is 0.00550. The summed E-state index contributed by atoms with van der Waals surface area (Å²) in [4.78, 5) is 21.1. The Bertz CT molecular complexity index is 179. The van der Waals surface area contributed by atoms with Crippen LogP contribution in [0.15, 0.2) is 0 Å². The Kier molecular flexibility index (Phi) is 2.30. The van der Waals surface area contributed by atoms with Gasteiger partial charge in [-0.3, -0.25) is 4.79 Å². The minimum Gasteiger partial charge on any atom is -0.438 e. The van der Waals surface area contributed by atoms with Gasteiger partial charge in [0.1, 0.15) is 0 Å². The normalized spacial score (nSPS) is 22.6. The fraction of sp³-hybridized carbons (Fsp3) is 0.667. The molecule has 1 atom stereocenters. The number of hydrogen-bond donors (Lipinski definition) is 1. The summed E-state index contributed by atoms with van der Waals surface area (Å²) >= 11 is 0. The SMILES string of the molecule is COC(=O)O[C@H]1CCC(=O)N1. The zero-order valence-electron chi connectivity index (χ0n) is 6.12. The third kappa shape index (κ3) is 2.10. The summed E-state index contributed by atoms with van der Waals surface area (Å²) in [5.74, 6) is -0.0982. The van der Waals surface area contributed by atoms with Gasteiger partial charge in [0.2, 0.25) is 5.91 Å². The fourth-order valence-corrected chi connectivity index (χ4v) is 0.839. The van der Waals surface area contributed by atoms with Crippen molar-refractivity contribution in [2.45, 2.75) is 19.1 Å². The molecule has 1 rings (SSSR count). The number of amides is 1. The molecule has 0 aromatic carbocycles. The Hall–Kier alpha value is -1.26. The third-order valence-electron chi connectivity index (χ3n) is 1.36. The average Bonchev–Trinajstić information content (AvgIpc) is 2.35. The summed E-state index contributed by atoms with van der Waals surface area (Å²) in [6, 6.07) is 0. The van der Waals surface area contributed by atoms with Crippen molar-refractivity contribution < 1.29 is 19.1 Å². The summed E-state index contributed by atoms with van der Waals surface area (Å²) in [5.41, 5.74) is 0. The molecule has 1 fully saturated rings. The molecule has 0 aromatic heterocycles.